The number of benzene rings is 1. The van der Waals surface area contributed by atoms with Gasteiger partial charge in [-0.15, -0.1) is 0 Å². The standard InChI is InChI=1S/C19H19Cl2NO5/c1-3-12(19(23)24)8-13-4-5-15(26-7-6-25-2)10-17(13)27-18-16(21)9-14(20)11-22-18/h4-5,8-11H,3,6-7H2,1-2H3,(H,23,24)/b12-8+. The van der Waals surface area contributed by atoms with Crippen molar-refractivity contribution in [1.82, 2.24) is 4.98 Å². The fraction of sp³-hybridized carbons (Fsp3) is 0.263. The van der Waals surface area contributed by atoms with Crippen LogP contribution in [0.2, 0.25) is 10.0 Å². The Labute approximate surface area is 167 Å². The van der Waals surface area contributed by atoms with Crippen LogP contribution in [-0.2, 0) is 9.53 Å². The molecule has 27 heavy (non-hydrogen) atoms. The highest BCUT2D eigenvalue weighted by Gasteiger charge is 2.13. The van der Waals surface area contributed by atoms with E-state index in [0.29, 0.717) is 41.7 Å². The van der Waals surface area contributed by atoms with E-state index in [1.54, 1.807) is 38.3 Å². The summed E-state index contributed by atoms with van der Waals surface area (Å²) in [6.07, 6.45) is 3.31. The number of carbonyl (C=O) groups is 1. The van der Waals surface area contributed by atoms with E-state index in [0.717, 1.165) is 0 Å². The molecule has 1 heterocycles. The average molecular weight is 412 g/mol. The summed E-state index contributed by atoms with van der Waals surface area (Å²) in [5.74, 6) is 0.0520. The maximum Gasteiger partial charge on any atom is 0.331 e. The van der Waals surface area contributed by atoms with Gasteiger partial charge in [-0.05, 0) is 30.7 Å². The van der Waals surface area contributed by atoms with Gasteiger partial charge in [-0.2, -0.15) is 0 Å². The van der Waals surface area contributed by atoms with Crippen LogP contribution in [0.3, 0.4) is 0 Å². The third kappa shape index (κ3) is 6.13. The van der Waals surface area contributed by atoms with Gasteiger partial charge in [-0.1, -0.05) is 30.1 Å². The number of carboxylic acid groups (broad SMARTS) is 1. The van der Waals surface area contributed by atoms with Crippen molar-refractivity contribution in [2.24, 2.45) is 0 Å². The summed E-state index contributed by atoms with van der Waals surface area (Å²) in [5, 5.41) is 9.90. The fourth-order valence-corrected chi connectivity index (χ4v) is 2.56. The molecule has 2 rings (SSSR count). The Morgan fingerprint density at radius 1 is 1.26 bits per heavy atom. The number of pyridine rings is 1. The Bertz CT molecular complexity index is 839. The first-order valence-corrected chi connectivity index (χ1v) is 8.88. The number of halogens is 2. The van der Waals surface area contributed by atoms with Gasteiger partial charge in [0, 0.05) is 30.5 Å². The van der Waals surface area contributed by atoms with E-state index >= 15 is 0 Å². The van der Waals surface area contributed by atoms with Crippen LogP contribution in [0, 0.1) is 0 Å². The molecular weight excluding hydrogens is 393 g/mol. The van der Waals surface area contributed by atoms with E-state index in [1.165, 1.54) is 12.3 Å². The molecule has 6 nitrogen and oxygen atoms in total. The minimum absolute atomic E-state index is 0.151. The van der Waals surface area contributed by atoms with E-state index in [1.807, 2.05) is 0 Å². The summed E-state index contributed by atoms with van der Waals surface area (Å²) in [5.41, 5.74) is 0.796. The van der Waals surface area contributed by atoms with Crippen molar-refractivity contribution >= 4 is 35.2 Å². The van der Waals surface area contributed by atoms with E-state index < -0.39 is 5.97 Å². The molecule has 0 aliphatic heterocycles. The molecule has 0 radical (unpaired) electrons. The van der Waals surface area contributed by atoms with Gasteiger partial charge in [-0.25, -0.2) is 9.78 Å². The quantitative estimate of drug-likeness (QED) is 0.457. The first-order chi connectivity index (χ1) is 12.9. The lowest BCUT2D eigenvalue weighted by Gasteiger charge is -2.13. The lowest BCUT2D eigenvalue weighted by atomic mass is 10.1. The van der Waals surface area contributed by atoms with Crippen molar-refractivity contribution in [3.63, 3.8) is 0 Å². The molecular formula is C19H19Cl2NO5. The highest BCUT2D eigenvalue weighted by molar-refractivity contribution is 6.35. The second kappa shape index (κ2) is 10.2. The first-order valence-electron chi connectivity index (χ1n) is 8.13. The second-order valence-electron chi connectivity index (χ2n) is 5.41. The maximum atomic E-state index is 11.3. The number of aromatic nitrogens is 1. The summed E-state index contributed by atoms with van der Waals surface area (Å²) in [7, 11) is 1.58. The van der Waals surface area contributed by atoms with Crippen molar-refractivity contribution in [3.8, 4) is 17.4 Å². The molecule has 2 aromatic rings. The van der Waals surface area contributed by atoms with Gasteiger partial charge < -0.3 is 19.3 Å². The first kappa shape index (κ1) is 21.0. The highest BCUT2D eigenvalue weighted by atomic mass is 35.5. The minimum Gasteiger partial charge on any atom is -0.491 e. The van der Waals surface area contributed by atoms with Gasteiger partial charge >= 0.3 is 5.97 Å². The fourth-order valence-electron chi connectivity index (χ4n) is 2.14. The molecule has 1 aromatic carbocycles. The Kier molecular flexibility index (Phi) is 7.91. The van der Waals surface area contributed by atoms with Crippen LogP contribution in [0.1, 0.15) is 18.9 Å². The monoisotopic (exact) mass is 411 g/mol. The van der Waals surface area contributed by atoms with Crippen molar-refractivity contribution in [2.45, 2.75) is 13.3 Å². The largest absolute Gasteiger partial charge is 0.491 e. The summed E-state index contributed by atoms with van der Waals surface area (Å²) < 4.78 is 16.4. The number of ether oxygens (including phenoxy) is 3. The topological polar surface area (TPSA) is 77.9 Å². The highest BCUT2D eigenvalue weighted by Crippen LogP contribution is 2.34. The van der Waals surface area contributed by atoms with Gasteiger partial charge in [0.25, 0.3) is 0 Å². The van der Waals surface area contributed by atoms with E-state index in [9.17, 15) is 9.90 Å². The lowest BCUT2D eigenvalue weighted by molar-refractivity contribution is -0.132. The average Bonchev–Trinajstić information content (AvgIpc) is 2.63. The molecule has 0 fully saturated rings. The number of aliphatic carboxylic acids is 1. The predicted octanol–water partition coefficient (Wildman–Crippen LogP) is 5.08. The number of hydrogen-bond acceptors (Lipinski definition) is 5. The number of methoxy groups -OCH3 is 1. The third-order valence-corrected chi connectivity index (χ3v) is 3.98. The van der Waals surface area contributed by atoms with Crippen LogP contribution >= 0.6 is 23.2 Å². The molecule has 0 aliphatic rings. The third-order valence-electron chi connectivity index (χ3n) is 3.51. The lowest BCUT2D eigenvalue weighted by Crippen LogP contribution is -2.04. The zero-order valence-electron chi connectivity index (χ0n) is 14.9. The Morgan fingerprint density at radius 2 is 2.04 bits per heavy atom. The van der Waals surface area contributed by atoms with Crippen molar-refractivity contribution < 1.29 is 24.1 Å². The van der Waals surface area contributed by atoms with Gasteiger partial charge in [0.15, 0.2) is 0 Å². The number of hydrogen-bond donors (Lipinski definition) is 1. The van der Waals surface area contributed by atoms with Crippen LogP contribution < -0.4 is 9.47 Å². The molecule has 1 N–H and O–H groups in total. The summed E-state index contributed by atoms with van der Waals surface area (Å²) in [4.78, 5) is 15.4. The Hall–Kier alpha value is -2.28. The van der Waals surface area contributed by atoms with Crippen molar-refractivity contribution in [1.29, 1.82) is 0 Å². The Balaban J connectivity index is 2.41. The molecule has 0 amide bonds. The van der Waals surface area contributed by atoms with E-state index in [4.69, 9.17) is 37.4 Å². The molecule has 0 saturated heterocycles. The molecule has 1 aromatic heterocycles. The molecule has 0 unspecified atom stereocenters. The van der Waals surface area contributed by atoms with Crippen LogP contribution in [0.5, 0.6) is 17.4 Å². The predicted molar refractivity (Wildman–Crippen MR) is 104 cm³/mol. The van der Waals surface area contributed by atoms with Crippen LogP contribution in [0.4, 0.5) is 0 Å². The number of carboxylic acids is 1. The van der Waals surface area contributed by atoms with E-state index in [2.05, 4.69) is 4.98 Å². The zero-order valence-corrected chi connectivity index (χ0v) is 16.4. The number of rotatable bonds is 9. The molecule has 144 valence electrons. The molecule has 8 heteroatoms. The Morgan fingerprint density at radius 3 is 2.67 bits per heavy atom. The van der Waals surface area contributed by atoms with Gasteiger partial charge in [0.2, 0.25) is 5.88 Å². The molecule has 0 aliphatic carbocycles. The van der Waals surface area contributed by atoms with Gasteiger partial charge in [0.1, 0.15) is 23.1 Å². The number of nitrogens with zero attached hydrogens (tertiary/aromatic N) is 1. The van der Waals surface area contributed by atoms with Crippen LogP contribution in [0.25, 0.3) is 6.08 Å². The van der Waals surface area contributed by atoms with E-state index in [-0.39, 0.29) is 16.5 Å². The van der Waals surface area contributed by atoms with Crippen LogP contribution in [0.15, 0.2) is 36.0 Å². The summed E-state index contributed by atoms with van der Waals surface area (Å²) in [6.45, 7) is 2.56. The smallest absolute Gasteiger partial charge is 0.331 e. The maximum absolute atomic E-state index is 11.3. The second-order valence-corrected chi connectivity index (χ2v) is 6.26. The zero-order chi connectivity index (χ0) is 19.8. The molecule has 0 spiro atoms. The van der Waals surface area contributed by atoms with Crippen molar-refractivity contribution in [2.75, 3.05) is 20.3 Å². The molecule has 0 bridgehead atoms. The normalized spacial score (nSPS) is 11.3. The summed E-state index contributed by atoms with van der Waals surface area (Å²) >= 11 is 12.0. The SMILES string of the molecule is CC/C(=C\c1ccc(OCCOC)cc1Oc1ncc(Cl)cc1Cl)C(=O)O. The van der Waals surface area contributed by atoms with Gasteiger partial charge in [-0.3, -0.25) is 0 Å². The summed E-state index contributed by atoms with van der Waals surface area (Å²) in [6, 6.07) is 6.58. The van der Waals surface area contributed by atoms with Gasteiger partial charge in [0.05, 0.1) is 11.6 Å². The van der Waals surface area contributed by atoms with Crippen molar-refractivity contribution in [3.05, 3.63) is 51.6 Å². The molecule has 0 saturated carbocycles. The minimum atomic E-state index is -0.994. The van der Waals surface area contributed by atoms with Crippen LogP contribution in [-0.4, -0.2) is 36.4 Å². The molecule has 0 atom stereocenters.